The highest BCUT2D eigenvalue weighted by molar-refractivity contribution is 5.86. The van der Waals surface area contributed by atoms with Crippen molar-refractivity contribution in [1.29, 1.82) is 0 Å². The maximum atomic E-state index is 13.4. The number of amides is 1. The number of rotatable bonds is 2. The first-order valence-corrected chi connectivity index (χ1v) is 6.20. The fraction of sp³-hybridized carbons (Fsp3) is 0.0714. The van der Waals surface area contributed by atoms with Crippen molar-refractivity contribution in [2.24, 2.45) is 0 Å². The lowest BCUT2D eigenvalue weighted by Crippen LogP contribution is -2.20. The van der Waals surface area contributed by atoms with Crippen LogP contribution in [0, 0.1) is 29.1 Å². The van der Waals surface area contributed by atoms with Gasteiger partial charge in [0.2, 0.25) is 5.82 Å². The lowest BCUT2D eigenvalue weighted by molar-refractivity contribution is -0.137. The normalized spacial score (nSPS) is 11.4. The molecule has 11 heteroatoms. The summed E-state index contributed by atoms with van der Waals surface area (Å²) in [5.41, 5.74) is -2.71. The van der Waals surface area contributed by atoms with Gasteiger partial charge in [-0.05, 0) is 24.3 Å². The number of alkyl halides is 3. The summed E-state index contributed by atoms with van der Waals surface area (Å²) in [6.07, 6.45) is -6.32. The van der Waals surface area contributed by atoms with Crippen molar-refractivity contribution in [3.63, 3.8) is 0 Å². The number of nitrogens with one attached hydrogen (secondary N) is 1. The van der Waals surface area contributed by atoms with Crippen LogP contribution >= 0.6 is 0 Å². The molecule has 0 saturated carbocycles. The molecule has 25 heavy (non-hydrogen) atoms. The minimum Gasteiger partial charge on any atom is -0.410 e. The molecule has 134 valence electrons. The van der Waals surface area contributed by atoms with Gasteiger partial charge in [-0.3, -0.25) is 5.32 Å². The lowest BCUT2D eigenvalue weighted by atomic mass is 10.2. The largest absolute Gasteiger partial charge is 0.417 e. The van der Waals surface area contributed by atoms with E-state index in [9.17, 15) is 39.9 Å². The molecule has 2 rings (SSSR count). The number of hydrogen-bond donors (Lipinski definition) is 1. The molecule has 0 radical (unpaired) electrons. The zero-order valence-electron chi connectivity index (χ0n) is 11.6. The predicted molar refractivity (Wildman–Crippen MR) is 67.3 cm³/mol. The van der Waals surface area contributed by atoms with Crippen LogP contribution in [0.1, 0.15) is 5.56 Å². The summed E-state index contributed by atoms with van der Waals surface area (Å²) in [6, 6.07) is 2.56. The van der Waals surface area contributed by atoms with Gasteiger partial charge in [-0.1, -0.05) is 0 Å². The lowest BCUT2D eigenvalue weighted by Gasteiger charge is -2.11. The number of halogens is 8. The summed E-state index contributed by atoms with van der Waals surface area (Å²) >= 11 is 0. The van der Waals surface area contributed by atoms with Gasteiger partial charge < -0.3 is 4.74 Å². The fourth-order valence-electron chi connectivity index (χ4n) is 1.66. The Bertz CT molecular complexity index is 788. The Morgan fingerprint density at radius 1 is 0.800 bits per heavy atom. The van der Waals surface area contributed by atoms with Gasteiger partial charge in [-0.25, -0.2) is 26.7 Å². The van der Waals surface area contributed by atoms with Crippen molar-refractivity contribution in [2.75, 3.05) is 5.32 Å². The zero-order chi connectivity index (χ0) is 18.9. The van der Waals surface area contributed by atoms with Crippen LogP contribution in [0.3, 0.4) is 0 Å². The molecule has 0 spiro atoms. The van der Waals surface area contributed by atoms with E-state index < -0.39 is 58.4 Å². The van der Waals surface area contributed by atoms with Crippen molar-refractivity contribution < 1.29 is 44.7 Å². The summed E-state index contributed by atoms with van der Waals surface area (Å²) in [7, 11) is 0. The number of anilines is 1. The molecule has 1 N–H and O–H groups in total. The van der Waals surface area contributed by atoms with Crippen LogP contribution in [0.2, 0.25) is 0 Å². The van der Waals surface area contributed by atoms with E-state index in [4.69, 9.17) is 0 Å². The number of hydrogen-bond acceptors (Lipinski definition) is 2. The maximum absolute atomic E-state index is 13.4. The third-order valence-corrected chi connectivity index (χ3v) is 2.83. The number of benzene rings is 2. The zero-order valence-corrected chi connectivity index (χ0v) is 11.6. The molecule has 0 aliphatic rings. The predicted octanol–water partition coefficient (Wildman–Crippen LogP) is 5.01. The third-order valence-electron chi connectivity index (χ3n) is 2.83. The highest BCUT2D eigenvalue weighted by Gasteiger charge is 2.30. The van der Waals surface area contributed by atoms with Crippen LogP contribution in [-0.2, 0) is 6.18 Å². The van der Waals surface area contributed by atoms with Gasteiger partial charge in [0, 0.05) is 0 Å². The molecule has 3 nitrogen and oxygen atoms in total. The Hall–Kier alpha value is -2.85. The summed E-state index contributed by atoms with van der Waals surface area (Å²) < 4.78 is 107. The molecule has 0 fully saturated rings. The Morgan fingerprint density at radius 2 is 1.24 bits per heavy atom. The molecular formula is C14H5F8NO2. The summed E-state index contributed by atoms with van der Waals surface area (Å²) in [5, 5.41) is 1.30. The molecule has 0 bridgehead atoms. The van der Waals surface area contributed by atoms with Gasteiger partial charge in [0.15, 0.2) is 23.3 Å². The van der Waals surface area contributed by atoms with E-state index in [1.807, 2.05) is 0 Å². The van der Waals surface area contributed by atoms with Crippen LogP contribution in [-0.4, -0.2) is 6.09 Å². The fourth-order valence-corrected chi connectivity index (χ4v) is 1.66. The number of carbonyl (C=O) groups is 1. The van der Waals surface area contributed by atoms with Crippen LogP contribution in [0.5, 0.6) is 5.75 Å². The van der Waals surface area contributed by atoms with Gasteiger partial charge in [0.05, 0.1) is 5.56 Å². The monoisotopic (exact) mass is 371 g/mol. The van der Waals surface area contributed by atoms with Crippen molar-refractivity contribution in [1.82, 2.24) is 0 Å². The second kappa shape index (κ2) is 6.57. The smallest absolute Gasteiger partial charge is 0.410 e. The van der Waals surface area contributed by atoms with Gasteiger partial charge in [-0.2, -0.15) is 13.2 Å². The molecule has 1 amide bonds. The van der Waals surface area contributed by atoms with E-state index in [1.165, 1.54) is 5.32 Å². The van der Waals surface area contributed by atoms with E-state index in [-0.39, 0.29) is 0 Å². The van der Waals surface area contributed by atoms with Gasteiger partial charge in [-0.15, -0.1) is 0 Å². The van der Waals surface area contributed by atoms with Crippen molar-refractivity contribution >= 4 is 11.8 Å². The van der Waals surface area contributed by atoms with E-state index >= 15 is 0 Å². The molecule has 0 aromatic heterocycles. The molecule has 0 aliphatic carbocycles. The minimum absolute atomic E-state index is 0.464. The van der Waals surface area contributed by atoms with Gasteiger partial charge in [0.25, 0.3) is 0 Å². The summed E-state index contributed by atoms with van der Waals surface area (Å²) in [5.74, 6) is -12.1. The molecule has 0 heterocycles. The average molecular weight is 371 g/mol. The average Bonchev–Trinajstić information content (AvgIpc) is 2.55. The minimum atomic E-state index is -4.64. The Kier molecular flexibility index (Phi) is 4.86. The standard InChI is InChI=1S/C14H5F8NO2/c15-7-8(16)10(18)12(11(19)9(7)17)23-13(24)25-6-3-1-5(2-4-6)14(20,21)22/h1-4H,(H,23,24). The van der Waals surface area contributed by atoms with Crippen molar-refractivity contribution in [2.45, 2.75) is 6.18 Å². The van der Waals surface area contributed by atoms with Crippen LogP contribution < -0.4 is 10.1 Å². The Labute approximate surface area is 133 Å². The van der Waals surface area contributed by atoms with E-state index in [0.29, 0.717) is 12.1 Å². The summed E-state index contributed by atoms with van der Waals surface area (Å²) in [6.45, 7) is 0. The van der Waals surface area contributed by atoms with E-state index in [1.54, 1.807) is 0 Å². The Morgan fingerprint density at radius 3 is 1.68 bits per heavy atom. The van der Waals surface area contributed by atoms with E-state index in [2.05, 4.69) is 4.74 Å². The highest BCUT2D eigenvalue weighted by atomic mass is 19.4. The maximum Gasteiger partial charge on any atom is 0.417 e. The number of carbonyl (C=O) groups excluding carboxylic acids is 1. The van der Waals surface area contributed by atoms with Crippen molar-refractivity contribution in [3.8, 4) is 5.75 Å². The third kappa shape index (κ3) is 3.80. The quantitative estimate of drug-likeness (QED) is 0.458. The second-order valence-corrected chi connectivity index (χ2v) is 4.48. The SMILES string of the molecule is O=C(Nc1c(F)c(F)c(F)c(F)c1F)Oc1ccc(C(F)(F)F)cc1. The summed E-state index contributed by atoms with van der Waals surface area (Å²) in [4.78, 5) is 11.4. The van der Waals surface area contributed by atoms with E-state index in [0.717, 1.165) is 12.1 Å². The molecule has 0 unspecified atom stereocenters. The number of ether oxygens (including phenoxy) is 1. The van der Waals surface area contributed by atoms with Crippen LogP contribution in [0.4, 0.5) is 45.6 Å². The van der Waals surface area contributed by atoms with Gasteiger partial charge in [0.1, 0.15) is 11.4 Å². The first kappa shape index (κ1) is 18.5. The molecule has 0 aliphatic heterocycles. The van der Waals surface area contributed by atoms with Gasteiger partial charge >= 0.3 is 12.3 Å². The first-order valence-electron chi connectivity index (χ1n) is 6.20. The van der Waals surface area contributed by atoms with Crippen molar-refractivity contribution in [3.05, 3.63) is 58.9 Å². The molecule has 2 aromatic carbocycles. The molecular weight excluding hydrogens is 366 g/mol. The second-order valence-electron chi connectivity index (χ2n) is 4.48. The van der Waals surface area contributed by atoms with Crippen LogP contribution in [0.25, 0.3) is 0 Å². The molecule has 0 saturated heterocycles. The first-order chi connectivity index (χ1) is 11.5. The highest BCUT2D eigenvalue weighted by Crippen LogP contribution is 2.31. The van der Waals surface area contributed by atoms with Crippen LogP contribution in [0.15, 0.2) is 24.3 Å². The topological polar surface area (TPSA) is 38.3 Å². The molecule has 0 atom stereocenters. The Balaban J connectivity index is 2.19. The molecule has 2 aromatic rings.